The van der Waals surface area contributed by atoms with Gasteiger partial charge < -0.3 is 4.74 Å². The Balaban J connectivity index is 1.73. The van der Waals surface area contributed by atoms with Gasteiger partial charge in [0.1, 0.15) is 11.6 Å². The molecule has 0 aliphatic rings. The summed E-state index contributed by atoms with van der Waals surface area (Å²) in [7, 11) is 1.62. The van der Waals surface area contributed by atoms with Crippen molar-refractivity contribution >= 4 is 11.0 Å². The van der Waals surface area contributed by atoms with Crippen LogP contribution in [0.3, 0.4) is 0 Å². The number of methoxy groups -OCH3 is 1. The van der Waals surface area contributed by atoms with Crippen LogP contribution < -0.4 is 10.1 Å². The summed E-state index contributed by atoms with van der Waals surface area (Å²) in [4.78, 5) is 4.50. The summed E-state index contributed by atoms with van der Waals surface area (Å²) >= 11 is 0. The second kappa shape index (κ2) is 8.63. The second-order valence-electron chi connectivity index (χ2n) is 7.11. The number of imidazole rings is 1. The van der Waals surface area contributed by atoms with E-state index in [4.69, 9.17) is 4.74 Å². The van der Waals surface area contributed by atoms with Crippen LogP contribution in [0.5, 0.6) is 5.75 Å². The van der Waals surface area contributed by atoms with E-state index in [-0.39, 0.29) is 6.04 Å². The summed E-state index contributed by atoms with van der Waals surface area (Å²) in [6.07, 6.45) is 0. The number of alkyl halides is 2. The lowest BCUT2D eigenvalue weighted by molar-refractivity contribution is 0.0696. The Morgan fingerprint density at radius 3 is 2.17 bits per heavy atom. The molecule has 1 N–H and O–H groups in total. The molecule has 2 unspecified atom stereocenters. The number of aromatic nitrogens is 2. The maximum Gasteiger partial charge on any atom is 0.320 e. The van der Waals surface area contributed by atoms with Crippen LogP contribution in [0, 0.1) is 0 Å². The van der Waals surface area contributed by atoms with Gasteiger partial charge in [-0.15, -0.1) is 0 Å². The highest BCUT2D eigenvalue weighted by atomic mass is 19.3. The lowest BCUT2D eigenvalue weighted by Gasteiger charge is -2.25. The molecule has 0 saturated heterocycles. The van der Waals surface area contributed by atoms with Crippen LogP contribution in [0.25, 0.3) is 11.0 Å². The largest absolute Gasteiger partial charge is 0.497 e. The Labute approximate surface area is 174 Å². The zero-order valence-corrected chi connectivity index (χ0v) is 16.8. The summed E-state index contributed by atoms with van der Waals surface area (Å²) in [5.74, 6) is 1.07. The first-order valence-corrected chi connectivity index (χ1v) is 9.78. The smallest absolute Gasteiger partial charge is 0.320 e. The minimum atomic E-state index is -2.67. The maximum absolute atomic E-state index is 13.9. The van der Waals surface area contributed by atoms with Crippen LogP contribution in [-0.4, -0.2) is 16.7 Å². The molecule has 0 aliphatic heterocycles. The fraction of sp³-hybridized carbons (Fsp3) is 0.208. The Morgan fingerprint density at radius 2 is 1.50 bits per heavy atom. The van der Waals surface area contributed by atoms with Crippen molar-refractivity contribution in [2.45, 2.75) is 25.6 Å². The fourth-order valence-corrected chi connectivity index (χ4v) is 3.72. The van der Waals surface area contributed by atoms with Gasteiger partial charge in [-0.3, -0.25) is 9.88 Å². The molecular weight excluding hydrogens is 384 g/mol. The van der Waals surface area contributed by atoms with E-state index in [2.05, 4.69) is 10.3 Å². The lowest BCUT2D eigenvalue weighted by atomic mass is 9.97. The second-order valence-corrected chi connectivity index (χ2v) is 7.11. The zero-order chi connectivity index (χ0) is 21.1. The molecule has 4 rings (SSSR count). The van der Waals surface area contributed by atoms with E-state index >= 15 is 0 Å². The molecule has 0 bridgehead atoms. The number of hydrogen-bond acceptors (Lipinski definition) is 3. The first-order valence-electron chi connectivity index (χ1n) is 9.78. The van der Waals surface area contributed by atoms with Gasteiger partial charge in [-0.2, -0.15) is 8.78 Å². The quantitative estimate of drug-likeness (QED) is 0.416. The van der Waals surface area contributed by atoms with Crippen LogP contribution in [-0.2, 0) is 0 Å². The molecule has 1 aromatic heterocycles. The molecule has 0 amide bonds. The van der Waals surface area contributed by atoms with Gasteiger partial charge in [0.15, 0.2) is 0 Å². The number of benzene rings is 3. The molecular formula is C24H23F2N3O. The van der Waals surface area contributed by atoms with Crippen molar-refractivity contribution in [2.24, 2.45) is 0 Å². The van der Waals surface area contributed by atoms with Gasteiger partial charge in [-0.05, 0) is 42.3 Å². The predicted octanol–water partition coefficient (Wildman–Crippen LogP) is 5.88. The standard InChI is InChI=1S/C24H23F2N3O/c1-16(23-28-20-10-6-7-11-21(20)29(23)24(25)26)27-22(17-8-4-3-5-9-17)18-12-14-19(30-2)15-13-18/h3-16,22,24,27H,1-2H3. The third-order valence-electron chi connectivity index (χ3n) is 5.20. The number of ether oxygens (including phenoxy) is 1. The van der Waals surface area contributed by atoms with Gasteiger partial charge in [-0.25, -0.2) is 4.98 Å². The van der Waals surface area contributed by atoms with Gasteiger partial charge in [0.05, 0.1) is 30.2 Å². The molecule has 0 aliphatic carbocycles. The summed E-state index contributed by atoms with van der Waals surface area (Å²) in [5, 5.41) is 3.50. The maximum atomic E-state index is 13.9. The van der Waals surface area contributed by atoms with Gasteiger partial charge in [0.25, 0.3) is 0 Å². The average molecular weight is 407 g/mol. The molecule has 2 atom stereocenters. The highest BCUT2D eigenvalue weighted by Crippen LogP contribution is 2.30. The Hall–Kier alpha value is -3.25. The summed E-state index contributed by atoms with van der Waals surface area (Å²) in [6, 6.07) is 24.0. The van der Waals surface area contributed by atoms with Crippen LogP contribution in [0.2, 0.25) is 0 Å². The van der Waals surface area contributed by atoms with Crippen molar-refractivity contribution in [2.75, 3.05) is 7.11 Å². The van der Waals surface area contributed by atoms with E-state index in [1.165, 1.54) is 0 Å². The number of nitrogens with one attached hydrogen (secondary N) is 1. The average Bonchev–Trinajstić information content (AvgIpc) is 3.18. The van der Waals surface area contributed by atoms with E-state index < -0.39 is 12.6 Å². The Kier molecular flexibility index (Phi) is 5.77. The normalized spacial score (nSPS) is 13.5. The van der Waals surface area contributed by atoms with Crippen molar-refractivity contribution in [1.29, 1.82) is 0 Å². The molecule has 4 aromatic rings. The predicted molar refractivity (Wildman–Crippen MR) is 114 cm³/mol. The zero-order valence-electron chi connectivity index (χ0n) is 16.8. The van der Waals surface area contributed by atoms with Crippen molar-refractivity contribution in [3.8, 4) is 5.75 Å². The Morgan fingerprint density at radius 1 is 0.867 bits per heavy atom. The van der Waals surface area contributed by atoms with Gasteiger partial charge >= 0.3 is 6.55 Å². The monoisotopic (exact) mass is 407 g/mol. The lowest BCUT2D eigenvalue weighted by Crippen LogP contribution is -2.28. The van der Waals surface area contributed by atoms with E-state index in [1.807, 2.05) is 61.5 Å². The van der Waals surface area contributed by atoms with Crippen LogP contribution in [0.4, 0.5) is 8.78 Å². The van der Waals surface area contributed by atoms with Crippen molar-refractivity contribution in [3.63, 3.8) is 0 Å². The van der Waals surface area contributed by atoms with Crippen molar-refractivity contribution < 1.29 is 13.5 Å². The van der Waals surface area contributed by atoms with Gasteiger partial charge in [0, 0.05) is 0 Å². The van der Waals surface area contributed by atoms with Crippen LogP contribution >= 0.6 is 0 Å². The van der Waals surface area contributed by atoms with E-state index in [0.29, 0.717) is 16.9 Å². The Bertz CT molecular complexity index is 1110. The third-order valence-corrected chi connectivity index (χ3v) is 5.20. The molecule has 0 radical (unpaired) electrons. The SMILES string of the molecule is COc1ccc(C(NC(C)c2nc3ccccc3n2C(F)F)c2ccccc2)cc1. The minimum absolute atomic E-state index is 0.196. The molecule has 6 heteroatoms. The fourth-order valence-electron chi connectivity index (χ4n) is 3.72. The molecule has 1 heterocycles. The number of hydrogen-bond donors (Lipinski definition) is 1. The van der Waals surface area contributed by atoms with Crippen molar-refractivity contribution in [1.82, 2.24) is 14.9 Å². The minimum Gasteiger partial charge on any atom is -0.497 e. The summed E-state index contributed by atoms with van der Waals surface area (Å²) in [6.45, 7) is -0.813. The molecule has 3 aromatic carbocycles. The highest BCUT2D eigenvalue weighted by molar-refractivity contribution is 5.76. The number of fused-ring (bicyclic) bond motifs is 1. The summed E-state index contributed by atoms with van der Waals surface area (Å²) in [5.41, 5.74) is 3.03. The van der Waals surface area contributed by atoms with E-state index in [1.54, 1.807) is 31.4 Å². The molecule has 30 heavy (non-hydrogen) atoms. The number of halogens is 2. The third kappa shape index (κ3) is 3.91. The molecule has 4 nitrogen and oxygen atoms in total. The van der Waals surface area contributed by atoms with E-state index in [9.17, 15) is 8.78 Å². The number of nitrogens with zero attached hydrogens (tertiary/aromatic N) is 2. The summed E-state index contributed by atoms with van der Waals surface area (Å²) < 4.78 is 34.1. The first-order chi connectivity index (χ1) is 14.6. The number of rotatable bonds is 7. The molecule has 0 saturated carbocycles. The molecule has 154 valence electrons. The van der Waals surface area contributed by atoms with Gasteiger partial charge in [0.2, 0.25) is 0 Å². The first kappa shape index (κ1) is 20.0. The molecule has 0 spiro atoms. The topological polar surface area (TPSA) is 39.1 Å². The highest BCUT2D eigenvalue weighted by Gasteiger charge is 2.25. The van der Waals surface area contributed by atoms with Crippen LogP contribution in [0.1, 0.15) is 42.5 Å². The van der Waals surface area contributed by atoms with E-state index in [0.717, 1.165) is 21.4 Å². The van der Waals surface area contributed by atoms with Crippen LogP contribution in [0.15, 0.2) is 78.9 Å². The number of para-hydroxylation sites is 2. The van der Waals surface area contributed by atoms with Crippen molar-refractivity contribution in [3.05, 3.63) is 95.8 Å². The molecule has 0 fully saturated rings. The van der Waals surface area contributed by atoms with Gasteiger partial charge in [-0.1, -0.05) is 54.6 Å².